The van der Waals surface area contributed by atoms with Crippen LogP contribution >= 0.6 is 0 Å². The lowest BCUT2D eigenvalue weighted by molar-refractivity contribution is 0.453. The highest BCUT2D eigenvalue weighted by Gasteiger charge is 2.10. The van der Waals surface area contributed by atoms with Crippen LogP contribution in [0.4, 0.5) is 0 Å². The number of hydrogen-bond acceptors (Lipinski definition) is 2. The maximum Gasteiger partial charge on any atom is 0.0192 e. The van der Waals surface area contributed by atoms with Gasteiger partial charge in [0.15, 0.2) is 0 Å². The van der Waals surface area contributed by atoms with Crippen LogP contribution in [0, 0.1) is 0 Å². The average molecular weight is 158 g/mol. The Labute approximate surface area is 70.3 Å². The molecule has 0 unspecified atom stereocenters. The Bertz CT molecular complexity index is 83.6. The molecule has 0 aliphatic carbocycles. The summed E-state index contributed by atoms with van der Waals surface area (Å²) in [7, 11) is 0. The normalized spacial score (nSPS) is 16.4. The first kappa shape index (κ1) is 10.9. The quantitative estimate of drug-likeness (QED) is 0.617. The first-order valence-electron chi connectivity index (χ1n) is 4.73. The number of hydrogen-bond donors (Lipinski definition) is 2. The minimum absolute atomic E-state index is 0.214. The van der Waals surface area contributed by atoms with E-state index in [0.29, 0.717) is 0 Å². The van der Waals surface area contributed by atoms with E-state index in [2.05, 4.69) is 13.8 Å². The Balaban J connectivity index is 3.38. The van der Waals surface area contributed by atoms with E-state index in [1.807, 2.05) is 0 Å². The molecule has 2 nitrogen and oxygen atoms in total. The summed E-state index contributed by atoms with van der Waals surface area (Å²) in [5.41, 5.74) is 11.7. The van der Waals surface area contributed by atoms with E-state index in [-0.39, 0.29) is 12.1 Å². The molecule has 0 bridgehead atoms. The molecule has 0 saturated heterocycles. The maximum absolute atomic E-state index is 5.86. The maximum atomic E-state index is 5.86. The molecule has 2 atom stereocenters. The molecule has 0 aromatic heterocycles. The molecule has 4 N–H and O–H groups in total. The Morgan fingerprint density at radius 1 is 0.909 bits per heavy atom. The van der Waals surface area contributed by atoms with Gasteiger partial charge >= 0.3 is 0 Å². The van der Waals surface area contributed by atoms with Crippen LogP contribution in [0.15, 0.2) is 0 Å². The second kappa shape index (κ2) is 6.62. The summed E-state index contributed by atoms with van der Waals surface area (Å²) in [6.07, 6.45) is 5.70. The Kier molecular flexibility index (Phi) is 6.57. The van der Waals surface area contributed by atoms with Gasteiger partial charge in [0.2, 0.25) is 0 Å². The second-order valence-electron chi connectivity index (χ2n) is 3.26. The highest BCUT2D eigenvalue weighted by Crippen LogP contribution is 2.04. The minimum Gasteiger partial charge on any atom is -0.326 e. The van der Waals surface area contributed by atoms with E-state index < -0.39 is 0 Å². The molecule has 0 aromatic rings. The van der Waals surface area contributed by atoms with Crippen LogP contribution in [0.3, 0.4) is 0 Å². The van der Waals surface area contributed by atoms with E-state index in [9.17, 15) is 0 Å². The number of rotatable bonds is 6. The van der Waals surface area contributed by atoms with Gasteiger partial charge in [-0.1, -0.05) is 33.1 Å². The van der Waals surface area contributed by atoms with Gasteiger partial charge in [0.05, 0.1) is 0 Å². The smallest absolute Gasteiger partial charge is 0.0192 e. The monoisotopic (exact) mass is 158 g/mol. The summed E-state index contributed by atoms with van der Waals surface area (Å²) < 4.78 is 0. The zero-order chi connectivity index (χ0) is 8.69. The molecule has 0 aliphatic heterocycles. The van der Waals surface area contributed by atoms with Crippen molar-refractivity contribution in [2.45, 2.75) is 58.0 Å². The topological polar surface area (TPSA) is 52.0 Å². The highest BCUT2D eigenvalue weighted by atomic mass is 14.8. The van der Waals surface area contributed by atoms with E-state index in [4.69, 9.17) is 11.5 Å². The van der Waals surface area contributed by atoms with Gasteiger partial charge in [-0.05, 0) is 12.8 Å². The molecule has 0 fully saturated rings. The third-order valence-electron chi connectivity index (χ3n) is 2.06. The molecule has 0 radical (unpaired) electrons. The van der Waals surface area contributed by atoms with Gasteiger partial charge in [-0.2, -0.15) is 0 Å². The van der Waals surface area contributed by atoms with Crippen LogP contribution in [0.5, 0.6) is 0 Å². The van der Waals surface area contributed by atoms with E-state index >= 15 is 0 Å². The van der Waals surface area contributed by atoms with Gasteiger partial charge in [-0.25, -0.2) is 0 Å². The Morgan fingerprint density at radius 3 is 1.91 bits per heavy atom. The fourth-order valence-electron chi connectivity index (χ4n) is 1.20. The van der Waals surface area contributed by atoms with Crippen LogP contribution in [-0.4, -0.2) is 12.1 Å². The van der Waals surface area contributed by atoms with E-state index in [1.165, 1.54) is 12.8 Å². The summed E-state index contributed by atoms with van der Waals surface area (Å²) >= 11 is 0. The van der Waals surface area contributed by atoms with Gasteiger partial charge < -0.3 is 11.5 Å². The SMILES string of the molecule is CCCC[C@@H](N)[C@H](N)CCC. The molecule has 11 heavy (non-hydrogen) atoms. The number of unbranched alkanes of at least 4 members (excludes halogenated alkanes) is 1. The average Bonchev–Trinajstić information content (AvgIpc) is 2.00. The highest BCUT2D eigenvalue weighted by molar-refractivity contribution is 4.74. The van der Waals surface area contributed by atoms with Crippen molar-refractivity contribution in [1.29, 1.82) is 0 Å². The van der Waals surface area contributed by atoms with Crippen molar-refractivity contribution < 1.29 is 0 Å². The van der Waals surface area contributed by atoms with E-state index in [0.717, 1.165) is 19.3 Å². The molecule has 0 rings (SSSR count). The molecule has 0 saturated carbocycles. The largest absolute Gasteiger partial charge is 0.326 e. The summed E-state index contributed by atoms with van der Waals surface area (Å²) in [5.74, 6) is 0. The lowest BCUT2D eigenvalue weighted by Crippen LogP contribution is -2.41. The van der Waals surface area contributed by atoms with Crippen LogP contribution < -0.4 is 11.5 Å². The van der Waals surface area contributed by atoms with Gasteiger partial charge in [-0.3, -0.25) is 0 Å². The van der Waals surface area contributed by atoms with Crippen molar-refractivity contribution in [1.82, 2.24) is 0 Å². The first-order chi connectivity index (χ1) is 5.22. The molecule has 0 aliphatic rings. The fraction of sp³-hybridized carbons (Fsp3) is 1.00. The molecular weight excluding hydrogens is 136 g/mol. The third kappa shape index (κ3) is 5.22. The van der Waals surface area contributed by atoms with Crippen LogP contribution in [-0.2, 0) is 0 Å². The molecular formula is C9H22N2. The van der Waals surface area contributed by atoms with Crippen molar-refractivity contribution in [3.05, 3.63) is 0 Å². The van der Waals surface area contributed by atoms with Gasteiger partial charge in [-0.15, -0.1) is 0 Å². The van der Waals surface area contributed by atoms with Crippen LogP contribution in [0.2, 0.25) is 0 Å². The standard InChI is InChI=1S/C9H22N2/c1-3-5-7-9(11)8(10)6-4-2/h8-9H,3-7,10-11H2,1-2H3/t8-,9-/m1/s1. The molecule has 0 heterocycles. The lowest BCUT2D eigenvalue weighted by Gasteiger charge is -2.18. The van der Waals surface area contributed by atoms with Crippen LogP contribution in [0.1, 0.15) is 46.0 Å². The minimum atomic E-state index is 0.214. The van der Waals surface area contributed by atoms with Crippen molar-refractivity contribution in [2.75, 3.05) is 0 Å². The van der Waals surface area contributed by atoms with E-state index in [1.54, 1.807) is 0 Å². The van der Waals surface area contributed by atoms with Crippen LogP contribution in [0.25, 0.3) is 0 Å². The van der Waals surface area contributed by atoms with Gasteiger partial charge in [0.25, 0.3) is 0 Å². The van der Waals surface area contributed by atoms with Crippen molar-refractivity contribution in [3.63, 3.8) is 0 Å². The zero-order valence-electron chi connectivity index (χ0n) is 7.84. The predicted octanol–water partition coefficient (Wildman–Crippen LogP) is 1.63. The summed E-state index contributed by atoms with van der Waals surface area (Å²) in [6, 6.07) is 0.432. The van der Waals surface area contributed by atoms with Crippen molar-refractivity contribution in [2.24, 2.45) is 11.5 Å². The van der Waals surface area contributed by atoms with Gasteiger partial charge in [0.1, 0.15) is 0 Å². The zero-order valence-corrected chi connectivity index (χ0v) is 7.84. The summed E-state index contributed by atoms with van der Waals surface area (Å²) in [4.78, 5) is 0. The second-order valence-corrected chi connectivity index (χ2v) is 3.26. The fourth-order valence-corrected chi connectivity index (χ4v) is 1.20. The Hall–Kier alpha value is -0.0800. The molecule has 0 amide bonds. The van der Waals surface area contributed by atoms with Crippen molar-refractivity contribution in [3.8, 4) is 0 Å². The molecule has 2 heteroatoms. The molecule has 68 valence electrons. The molecule has 0 spiro atoms. The summed E-state index contributed by atoms with van der Waals surface area (Å²) in [6.45, 7) is 4.32. The van der Waals surface area contributed by atoms with Crippen molar-refractivity contribution >= 4 is 0 Å². The predicted molar refractivity (Wildman–Crippen MR) is 50.4 cm³/mol. The van der Waals surface area contributed by atoms with Gasteiger partial charge in [0, 0.05) is 12.1 Å². The Morgan fingerprint density at radius 2 is 1.45 bits per heavy atom. The first-order valence-corrected chi connectivity index (χ1v) is 4.73. The number of nitrogens with two attached hydrogens (primary N) is 2. The summed E-state index contributed by atoms with van der Waals surface area (Å²) in [5, 5.41) is 0. The molecule has 0 aromatic carbocycles. The lowest BCUT2D eigenvalue weighted by atomic mass is 10.00. The third-order valence-corrected chi connectivity index (χ3v) is 2.06.